The maximum Gasteiger partial charge on any atom is 0.143 e. The minimum absolute atomic E-state index is 0.127. The standard InChI is InChI=1S/C16H19NOS/c1-11(2)18-16-10-14(8-9-15(16)17)19-13-6-4-12(3)5-7-13/h4-11H,17H2,1-3H3. The molecule has 2 aromatic rings. The molecule has 3 heteroatoms. The average Bonchev–Trinajstić information content (AvgIpc) is 2.36. The molecule has 19 heavy (non-hydrogen) atoms. The van der Waals surface area contributed by atoms with Crippen LogP contribution >= 0.6 is 11.8 Å². The Labute approximate surface area is 119 Å². The summed E-state index contributed by atoms with van der Waals surface area (Å²) in [5, 5.41) is 0. The first-order chi connectivity index (χ1) is 9.04. The van der Waals surface area contributed by atoms with Crippen molar-refractivity contribution in [3.8, 4) is 5.75 Å². The van der Waals surface area contributed by atoms with E-state index in [0.29, 0.717) is 5.69 Å². The van der Waals surface area contributed by atoms with Gasteiger partial charge in [0, 0.05) is 9.79 Å². The van der Waals surface area contributed by atoms with Crippen LogP contribution in [0.15, 0.2) is 52.3 Å². The van der Waals surface area contributed by atoms with Gasteiger partial charge in [-0.05, 0) is 51.1 Å². The van der Waals surface area contributed by atoms with Crippen LogP contribution in [0.25, 0.3) is 0 Å². The van der Waals surface area contributed by atoms with Crippen molar-refractivity contribution in [3.63, 3.8) is 0 Å². The Morgan fingerprint density at radius 2 is 1.63 bits per heavy atom. The molecule has 0 heterocycles. The van der Waals surface area contributed by atoms with Gasteiger partial charge in [0.15, 0.2) is 0 Å². The molecule has 0 saturated heterocycles. The van der Waals surface area contributed by atoms with Crippen LogP contribution in [-0.2, 0) is 0 Å². The number of benzene rings is 2. The van der Waals surface area contributed by atoms with Crippen LogP contribution in [0.4, 0.5) is 5.69 Å². The zero-order chi connectivity index (χ0) is 13.8. The summed E-state index contributed by atoms with van der Waals surface area (Å²) in [4.78, 5) is 2.35. The van der Waals surface area contributed by atoms with Gasteiger partial charge in [0.2, 0.25) is 0 Å². The molecule has 0 aliphatic heterocycles. The Kier molecular flexibility index (Phi) is 4.38. The number of anilines is 1. The molecule has 2 N–H and O–H groups in total. The molecule has 0 spiro atoms. The molecule has 0 unspecified atom stereocenters. The van der Waals surface area contributed by atoms with Crippen LogP contribution in [0.3, 0.4) is 0 Å². The van der Waals surface area contributed by atoms with Gasteiger partial charge in [-0.1, -0.05) is 29.5 Å². The molecule has 2 nitrogen and oxygen atoms in total. The summed E-state index contributed by atoms with van der Waals surface area (Å²) in [6, 6.07) is 14.4. The first-order valence-electron chi connectivity index (χ1n) is 6.35. The van der Waals surface area contributed by atoms with E-state index >= 15 is 0 Å². The van der Waals surface area contributed by atoms with Crippen molar-refractivity contribution >= 4 is 17.4 Å². The normalized spacial score (nSPS) is 10.7. The molecule has 0 fully saturated rings. The summed E-state index contributed by atoms with van der Waals surface area (Å²) in [5.74, 6) is 0.757. The summed E-state index contributed by atoms with van der Waals surface area (Å²) < 4.78 is 5.70. The van der Waals surface area contributed by atoms with E-state index in [1.165, 1.54) is 10.5 Å². The molecule has 0 aliphatic carbocycles. The third kappa shape index (κ3) is 3.93. The highest BCUT2D eigenvalue weighted by molar-refractivity contribution is 7.99. The highest BCUT2D eigenvalue weighted by atomic mass is 32.2. The van der Waals surface area contributed by atoms with Crippen LogP contribution in [-0.4, -0.2) is 6.10 Å². The molecule has 0 amide bonds. The second kappa shape index (κ2) is 6.02. The van der Waals surface area contributed by atoms with Crippen LogP contribution < -0.4 is 10.5 Å². The molecular weight excluding hydrogens is 254 g/mol. The first-order valence-corrected chi connectivity index (χ1v) is 7.17. The molecule has 0 radical (unpaired) electrons. The van der Waals surface area contributed by atoms with Crippen molar-refractivity contribution in [2.45, 2.75) is 36.7 Å². The number of rotatable bonds is 4. The lowest BCUT2D eigenvalue weighted by atomic mass is 10.2. The van der Waals surface area contributed by atoms with Crippen LogP contribution in [0, 0.1) is 6.92 Å². The molecule has 100 valence electrons. The number of nitrogens with two attached hydrogens (primary N) is 1. The van der Waals surface area contributed by atoms with E-state index < -0.39 is 0 Å². The zero-order valence-corrected chi connectivity index (χ0v) is 12.3. The maximum absolute atomic E-state index is 5.92. The summed E-state index contributed by atoms with van der Waals surface area (Å²) >= 11 is 1.71. The fourth-order valence-electron chi connectivity index (χ4n) is 1.68. The van der Waals surface area contributed by atoms with E-state index in [1.807, 2.05) is 32.0 Å². The van der Waals surface area contributed by atoms with Crippen LogP contribution in [0.2, 0.25) is 0 Å². The lowest BCUT2D eigenvalue weighted by Crippen LogP contribution is -2.07. The zero-order valence-electron chi connectivity index (χ0n) is 11.5. The monoisotopic (exact) mass is 273 g/mol. The lowest BCUT2D eigenvalue weighted by molar-refractivity contribution is 0.243. The van der Waals surface area contributed by atoms with Gasteiger partial charge in [-0.15, -0.1) is 0 Å². The number of aryl methyl sites for hydroxylation is 1. The quantitative estimate of drug-likeness (QED) is 0.832. The Morgan fingerprint density at radius 3 is 2.26 bits per heavy atom. The molecule has 0 aliphatic rings. The second-order valence-corrected chi connectivity index (χ2v) is 5.93. The Balaban J connectivity index is 2.18. The van der Waals surface area contributed by atoms with Crippen molar-refractivity contribution in [1.29, 1.82) is 0 Å². The Hall–Kier alpha value is -1.61. The lowest BCUT2D eigenvalue weighted by Gasteiger charge is -2.13. The third-order valence-corrected chi connectivity index (χ3v) is 3.60. The van der Waals surface area contributed by atoms with E-state index in [4.69, 9.17) is 10.5 Å². The Morgan fingerprint density at radius 1 is 1.00 bits per heavy atom. The predicted molar refractivity (Wildman–Crippen MR) is 81.9 cm³/mol. The largest absolute Gasteiger partial charge is 0.489 e. The highest BCUT2D eigenvalue weighted by Crippen LogP contribution is 2.33. The SMILES string of the molecule is Cc1ccc(Sc2ccc(N)c(OC(C)C)c2)cc1. The minimum atomic E-state index is 0.127. The van der Waals surface area contributed by atoms with E-state index in [-0.39, 0.29) is 6.10 Å². The second-order valence-electron chi connectivity index (χ2n) is 4.78. The van der Waals surface area contributed by atoms with Gasteiger partial charge in [-0.3, -0.25) is 0 Å². The van der Waals surface area contributed by atoms with Crippen LogP contribution in [0.1, 0.15) is 19.4 Å². The minimum Gasteiger partial charge on any atom is -0.489 e. The van der Waals surface area contributed by atoms with Crippen molar-refractivity contribution in [1.82, 2.24) is 0 Å². The van der Waals surface area contributed by atoms with Gasteiger partial charge >= 0.3 is 0 Å². The molecular formula is C16H19NOS. The predicted octanol–water partition coefficient (Wildman–Crippen LogP) is 4.52. The summed E-state index contributed by atoms with van der Waals surface area (Å²) in [6.07, 6.45) is 0.127. The number of hydrogen-bond acceptors (Lipinski definition) is 3. The van der Waals surface area contributed by atoms with E-state index in [9.17, 15) is 0 Å². The highest BCUT2D eigenvalue weighted by Gasteiger charge is 2.05. The molecule has 2 rings (SSSR count). The van der Waals surface area contributed by atoms with Gasteiger partial charge in [-0.2, -0.15) is 0 Å². The van der Waals surface area contributed by atoms with Gasteiger partial charge in [0.1, 0.15) is 5.75 Å². The van der Waals surface area contributed by atoms with E-state index in [0.717, 1.165) is 10.6 Å². The van der Waals surface area contributed by atoms with E-state index in [2.05, 4.69) is 31.2 Å². The molecule has 0 aromatic heterocycles. The summed E-state index contributed by atoms with van der Waals surface area (Å²) in [7, 11) is 0. The van der Waals surface area contributed by atoms with Crippen LogP contribution in [0.5, 0.6) is 5.75 Å². The summed E-state index contributed by atoms with van der Waals surface area (Å²) in [5.41, 5.74) is 7.87. The maximum atomic E-state index is 5.92. The van der Waals surface area contributed by atoms with Crippen molar-refractivity contribution in [3.05, 3.63) is 48.0 Å². The van der Waals surface area contributed by atoms with Gasteiger partial charge in [0.05, 0.1) is 11.8 Å². The van der Waals surface area contributed by atoms with Crippen molar-refractivity contribution < 1.29 is 4.74 Å². The van der Waals surface area contributed by atoms with Gasteiger partial charge < -0.3 is 10.5 Å². The number of ether oxygens (including phenoxy) is 1. The van der Waals surface area contributed by atoms with Gasteiger partial charge in [-0.25, -0.2) is 0 Å². The molecule has 0 saturated carbocycles. The Bertz CT molecular complexity index is 549. The fourth-order valence-corrected chi connectivity index (χ4v) is 2.52. The molecule has 0 bridgehead atoms. The first kappa shape index (κ1) is 13.8. The van der Waals surface area contributed by atoms with Crippen molar-refractivity contribution in [2.24, 2.45) is 0 Å². The van der Waals surface area contributed by atoms with Crippen molar-refractivity contribution in [2.75, 3.05) is 5.73 Å². The average molecular weight is 273 g/mol. The number of hydrogen-bond donors (Lipinski definition) is 1. The third-order valence-electron chi connectivity index (χ3n) is 2.60. The smallest absolute Gasteiger partial charge is 0.143 e. The van der Waals surface area contributed by atoms with E-state index in [1.54, 1.807) is 11.8 Å². The number of nitrogen functional groups attached to an aromatic ring is 1. The van der Waals surface area contributed by atoms with Gasteiger partial charge in [0.25, 0.3) is 0 Å². The topological polar surface area (TPSA) is 35.2 Å². The molecule has 0 atom stereocenters. The molecule has 2 aromatic carbocycles. The summed E-state index contributed by atoms with van der Waals surface area (Å²) in [6.45, 7) is 6.09. The fraction of sp³-hybridized carbons (Fsp3) is 0.250.